The van der Waals surface area contributed by atoms with Crippen LogP contribution in [0.2, 0.25) is 5.02 Å². The Labute approximate surface area is 261 Å². The largest absolute Gasteiger partial charge is 0.495 e. The van der Waals surface area contributed by atoms with Crippen LogP contribution in [0.25, 0.3) is 0 Å². The smallest absolute Gasteiger partial charge is 0.409 e. The van der Waals surface area contributed by atoms with E-state index < -0.39 is 65.7 Å². The molecule has 44 heavy (non-hydrogen) atoms. The number of nitrogens with zero attached hydrogens (tertiary/aromatic N) is 1. The number of ether oxygens (including phenoxy) is 5. The third-order valence-corrected chi connectivity index (χ3v) is 9.10. The molecule has 2 fully saturated rings. The summed E-state index contributed by atoms with van der Waals surface area (Å²) in [5, 5.41) is 25.4. The molecule has 2 saturated heterocycles. The van der Waals surface area contributed by atoms with E-state index in [-0.39, 0.29) is 35.7 Å². The Balaban J connectivity index is 1.82. The molecule has 3 N–H and O–H groups in total. The Morgan fingerprint density at radius 2 is 1.98 bits per heavy atom. The number of amides is 2. The molecule has 8 atom stereocenters. The van der Waals surface area contributed by atoms with Crippen molar-refractivity contribution in [2.45, 2.75) is 88.8 Å². The topological polar surface area (TPSA) is 156 Å². The number of aliphatic hydroxyl groups is 2. The van der Waals surface area contributed by atoms with Crippen LogP contribution >= 0.6 is 11.6 Å². The number of hydrogen-bond acceptors (Lipinski definition) is 10. The predicted molar refractivity (Wildman–Crippen MR) is 160 cm³/mol. The van der Waals surface area contributed by atoms with Crippen molar-refractivity contribution in [2.75, 3.05) is 26.2 Å². The Kier molecular flexibility index (Phi) is 10.0. The number of allylic oxidation sites excluding steroid dienone is 2. The van der Waals surface area contributed by atoms with Crippen LogP contribution < -0.4 is 15.0 Å². The molecule has 3 heterocycles. The van der Waals surface area contributed by atoms with E-state index in [4.69, 9.17) is 35.3 Å². The number of benzene rings is 1. The fourth-order valence-corrected chi connectivity index (χ4v) is 6.14. The fraction of sp³-hybridized carbons (Fsp3) is 0.581. The quantitative estimate of drug-likeness (QED) is 0.330. The lowest BCUT2D eigenvalue weighted by Crippen LogP contribution is -2.63. The number of epoxide rings is 1. The van der Waals surface area contributed by atoms with E-state index in [2.05, 4.69) is 5.32 Å². The normalized spacial score (nSPS) is 34.3. The van der Waals surface area contributed by atoms with Gasteiger partial charge in [0.05, 0.1) is 25.3 Å². The highest BCUT2D eigenvalue weighted by Gasteiger charge is 2.64. The second-order valence-corrected chi connectivity index (χ2v) is 12.1. The van der Waals surface area contributed by atoms with Crippen molar-refractivity contribution in [2.24, 2.45) is 5.92 Å². The molecule has 0 spiro atoms. The van der Waals surface area contributed by atoms with Crippen LogP contribution in [0.3, 0.4) is 0 Å². The fourth-order valence-electron chi connectivity index (χ4n) is 5.83. The number of alkyl carbamates (subject to hydrolysis) is 1. The number of methoxy groups -OCH3 is 2. The van der Waals surface area contributed by atoms with Crippen LogP contribution in [-0.2, 0) is 28.5 Å². The summed E-state index contributed by atoms with van der Waals surface area (Å²) in [5.74, 6) is -1.17. The van der Waals surface area contributed by atoms with Crippen molar-refractivity contribution in [3.05, 3.63) is 46.5 Å². The third-order valence-electron chi connectivity index (χ3n) is 8.72. The van der Waals surface area contributed by atoms with Gasteiger partial charge in [-0.1, -0.05) is 43.7 Å². The second-order valence-electron chi connectivity index (χ2n) is 11.7. The zero-order chi connectivity index (χ0) is 32.6. The summed E-state index contributed by atoms with van der Waals surface area (Å²) in [6, 6.07) is 3.17. The summed E-state index contributed by atoms with van der Waals surface area (Å²) in [6.07, 6.45) is -0.722. The number of fused-ring (bicyclic) bond motifs is 5. The predicted octanol–water partition coefficient (Wildman–Crippen LogP) is 3.57. The minimum Gasteiger partial charge on any atom is -0.495 e. The van der Waals surface area contributed by atoms with E-state index in [0.29, 0.717) is 11.1 Å². The van der Waals surface area contributed by atoms with Crippen molar-refractivity contribution in [1.29, 1.82) is 0 Å². The van der Waals surface area contributed by atoms with Gasteiger partial charge in [0.1, 0.15) is 40.8 Å². The van der Waals surface area contributed by atoms with Crippen LogP contribution in [0, 0.1) is 5.92 Å². The van der Waals surface area contributed by atoms with Crippen LogP contribution in [0.4, 0.5) is 10.5 Å². The summed E-state index contributed by atoms with van der Waals surface area (Å²) in [4.78, 5) is 40.2. The van der Waals surface area contributed by atoms with Gasteiger partial charge in [0.2, 0.25) is 5.91 Å². The van der Waals surface area contributed by atoms with Gasteiger partial charge in [0.15, 0.2) is 5.72 Å². The molecule has 13 heteroatoms. The number of anilines is 1. The maximum atomic E-state index is 13.7. The molecule has 12 nitrogen and oxygen atoms in total. The lowest BCUT2D eigenvalue weighted by Gasteiger charge is -2.42. The zero-order valence-electron chi connectivity index (χ0n) is 26.0. The molecule has 0 saturated carbocycles. The Hall–Kier alpha value is -3.16. The number of aliphatic hydroxyl groups excluding tert-OH is 1. The number of rotatable bonds is 4. The molecule has 1 aromatic carbocycles. The van der Waals surface area contributed by atoms with Gasteiger partial charge >= 0.3 is 12.1 Å². The third kappa shape index (κ3) is 6.59. The number of carbonyl (C=O) groups is 3. The number of carbonyl (C=O) groups excluding carboxylic acids is 3. The average molecular weight is 637 g/mol. The summed E-state index contributed by atoms with van der Waals surface area (Å²) < 4.78 is 28.4. The Morgan fingerprint density at radius 3 is 2.61 bits per heavy atom. The van der Waals surface area contributed by atoms with E-state index in [0.717, 1.165) is 0 Å². The zero-order valence-corrected chi connectivity index (χ0v) is 26.7. The van der Waals surface area contributed by atoms with Gasteiger partial charge in [-0.05, 0) is 37.1 Å². The van der Waals surface area contributed by atoms with Gasteiger partial charge in [0, 0.05) is 32.9 Å². The van der Waals surface area contributed by atoms with Gasteiger partial charge in [-0.15, -0.1) is 0 Å². The molecule has 3 aliphatic rings. The van der Waals surface area contributed by atoms with Crippen LogP contribution in [0.5, 0.6) is 5.75 Å². The molecule has 8 unspecified atom stereocenters. The van der Waals surface area contributed by atoms with Crippen molar-refractivity contribution in [3.8, 4) is 5.75 Å². The minimum absolute atomic E-state index is 0.0464. The SMILES string of the molecule is CCC(=O)OC1CC(=O)N(C)c2cc(cc(OC)c2Cl)C(O)C(C)=CC=CC(OC)C2(O)CC(OC(=O)N2)C(C)C2OC12C. The van der Waals surface area contributed by atoms with Crippen molar-refractivity contribution >= 4 is 35.3 Å². The van der Waals surface area contributed by atoms with Gasteiger partial charge in [-0.25, -0.2) is 4.79 Å². The van der Waals surface area contributed by atoms with E-state index in [1.807, 2.05) is 0 Å². The lowest BCUT2D eigenvalue weighted by atomic mass is 9.83. The van der Waals surface area contributed by atoms with Gasteiger partial charge in [0.25, 0.3) is 0 Å². The van der Waals surface area contributed by atoms with Crippen LogP contribution in [-0.4, -0.2) is 85.2 Å². The first-order valence-electron chi connectivity index (χ1n) is 14.5. The van der Waals surface area contributed by atoms with Crippen molar-refractivity contribution < 1.29 is 48.3 Å². The Morgan fingerprint density at radius 1 is 1.27 bits per heavy atom. The monoisotopic (exact) mass is 636 g/mol. The Bertz CT molecular complexity index is 1350. The standard InChI is InChI=1S/C31H41ClN2O10/c1-8-25(36)43-23-14-24(35)34(5)19-12-18(13-20(40-6)26(19)32)27(37)16(2)10-9-11-22(41-7)31(39)15-21(42-29(38)33-31)17(3)28-30(23,4)44-28/h9-13,17,21-23,27-28,37,39H,8,14-15H2,1-7H3,(H,33,38). The molecule has 0 aromatic heterocycles. The molecule has 1 aromatic rings. The van der Waals surface area contributed by atoms with E-state index in [1.54, 1.807) is 58.1 Å². The molecular formula is C31H41ClN2O10. The molecule has 4 bridgehead atoms. The van der Waals surface area contributed by atoms with Gasteiger partial charge in [-0.2, -0.15) is 0 Å². The number of esters is 1. The van der Waals surface area contributed by atoms with Gasteiger partial charge < -0.3 is 38.8 Å². The molecular weight excluding hydrogens is 596 g/mol. The van der Waals surface area contributed by atoms with E-state index >= 15 is 0 Å². The number of halogens is 1. The second kappa shape index (κ2) is 13.1. The van der Waals surface area contributed by atoms with Crippen molar-refractivity contribution in [3.63, 3.8) is 0 Å². The van der Waals surface area contributed by atoms with Crippen LogP contribution in [0.1, 0.15) is 58.6 Å². The molecule has 3 aliphatic heterocycles. The summed E-state index contributed by atoms with van der Waals surface area (Å²) >= 11 is 6.63. The average Bonchev–Trinajstić information content (AvgIpc) is 3.68. The lowest BCUT2D eigenvalue weighted by molar-refractivity contribution is -0.153. The van der Waals surface area contributed by atoms with E-state index in [9.17, 15) is 24.6 Å². The molecule has 4 rings (SSSR count). The maximum Gasteiger partial charge on any atom is 0.409 e. The maximum absolute atomic E-state index is 13.7. The minimum atomic E-state index is -1.83. The van der Waals surface area contributed by atoms with E-state index in [1.165, 1.54) is 26.2 Å². The van der Waals surface area contributed by atoms with Gasteiger partial charge in [-0.3, -0.25) is 14.9 Å². The first-order valence-corrected chi connectivity index (χ1v) is 14.8. The highest BCUT2D eigenvalue weighted by molar-refractivity contribution is 6.35. The molecule has 0 radical (unpaired) electrons. The summed E-state index contributed by atoms with van der Waals surface area (Å²) in [6.45, 7) is 6.88. The summed E-state index contributed by atoms with van der Waals surface area (Å²) in [7, 11) is 4.36. The number of hydrogen-bond donors (Lipinski definition) is 3. The first-order chi connectivity index (χ1) is 20.7. The molecule has 0 aliphatic carbocycles. The first kappa shape index (κ1) is 33.7. The molecule has 2 amide bonds. The van der Waals surface area contributed by atoms with Crippen molar-refractivity contribution in [1.82, 2.24) is 5.32 Å². The number of nitrogens with one attached hydrogen (secondary N) is 1. The highest BCUT2D eigenvalue weighted by atomic mass is 35.5. The summed E-state index contributed by atoms with van der Waals surface area (Å²) in [5.41, 5.74) is -1.72. The highest BCUT2D eigenvalue weighted by Crippen LogP contribution is 2.49. The van der Waals surface area contributed by atoms with Crippen LogP contribution in [0.15, 0.2) is 35.9 Å². The molecule has 242 valence electrons.